The first-order chi connectivity index (χ1) is 13.5. The minimum atomic E-state index is -0.815. The summed E-state index contributed by atoms with van der Waals surface area (Å²) >= 11 is 0. The van der Waals surface area contributed by atoms with Crippen LogP contribution in [0.5, 0.6) is 0 Å². The summed E-state index contributed by atoms with van der Waals surface area (Å²) < 4.78 is 0. The highest BCUT2D eigenvalue weighted by molar-refractivity contribution is 5.73. The van der Waals surface area contributed by atoms with Crippen LogP contribution in [-0.4, -0.2) is 53.0 Å². The summed E-state index contributed by atoms with van der Waals surface area (Å²) in [6, 6.07) is 9.32. The molecule has 4 nitrogen and oxygen atoms in total. The molecule has 28 heavy (non-hydrogen) atoms. The first kappa shape index (κ1) is 19.7. The Hall–Kier alpha value is -1.65. The van der Waals surface area contributed by atoms with Crippen LogP contribution < -0.4 is 0 Å². The van der Waals surface area contributed by atoms with Gasteiger partial charge in [-0.25, -0.2) is 0 Å². The van der Waals surface area contributed by atoms with Crippen molar-refractivity contribution < 1.29 is 9.90 Å². The molecule has 4 heteroatoms. The number of nitrogens with zero attached hydrogens (tertiary/aromatic N) is 2. The van der Waals surface area contributed by atoms with Crippen molar-refractivity contribution in [3.63, 3.8) is 0 Å². The van der Waals surface area contributed by atoms with Crippen LogP contribution in [0.25, 0.3) is 6.08 Å². The van der Waals surface area contributed by atoms with Crippen molar-refractivity contribution in [2.45, 2.75) is 69.9 Å². The van der Waals surface area contributed by atoms with Crippen molar-refractivity contribution in [1.82, 2.24) is 9.80 Å². The summed E-state index contributed by atoms with van der Waals surface area (Å²) in [7, 11) is 0. The molecule has 1 atom stereocenters. The topological polar surface area (TPSA) is 43.8 Å². The van der Waals surface area contributed by atoms with Gasteiger partial charge in [-0.3, -0.25) is 9.69 Å². The van der Waals surface area contributed by atoms with Gasteiger partial charge in [0, 0.05) is 39.1 Å². The molecular weight excluding hydrogens is 348 g/mol. The van der Waals surface area contributed by atoms with E-state index in [1.807, 2.05) is 4.90 Å². The van der Waals surface area contributed by atoms with Crippen LogP contribution in [0.1, 0.15) is 69.4 Å². The number of amides is 1. The van der Waals surface area contributed by atoms with Crippen LogP contribution in [0.2, 0.25) is 0 Å². The Balaban J connectivity index is 1.37. The number of carbonyl (C=O) groups is 1. The lowest BCUT2D eigenvalue weighted by molar-refractivity contribution is -0.128. The lowest BCUT2D eigenvalue weighted by Gasteiger charge is -2.40. The summed E-state index contributed by atoms with van der Waals surface area (Å²) in [5, 5.41) is 11.2. The van der Waals surface area contributed by atoms with Crippen molar-refractivity contribution >= 4 is 12.0 Å². The Morgan fingerprint density at radius 3 is 2.36 bits per heavy atom. The highest BCUT2D eigenvalue weighted by Gasteiger charge is 2.32. The number of likely N-dealkylation sites (tertiary alicyclic amines) is 2. The Bertz CT molecular complexity index is 713. The molecule has 0 spiro atoms. The second kappa shape index (κ2) is 8.38. The van der Waals surface area contributed by atoms with Crippen molar-refractivity contribution in [1.29, 1.82) is 0 Å². The van der Waals surface area contributed by atoms with E-state index < -0.39 is 5.60 Å². The molecule has 2 heterocycles. The standard InChI is InChI=1S/C24H34N2O2/c1-19(27)25-14-3-12-24(28,13-17-25)22-8-6-20(7-9-22)18-21-10-15-26(16-11-21)23-4-2-5-23/h6-9,18,23,28H,2-5,10-17H2,1H3. The third-order valence-electron chi connectivity index (χ3n) is 7.11. The number of aliphatic hydroxyl groups is 1. The zero-order valence-electron chi connectivity index (χ0n) is 17.2. The number of hydrogen-bond acceptors (Lipinski definition) is 3. The monoisotopic (exact) mass is 382 g/mol. The molecule has 3 fully saturated rings. The fraction of sp³-hybridized carbons (Fsp3) is 0.625. The molecule has 1 saturated carbocycles. The fourth-order valence-electron chi connectivity index (χ4n) is 4.92. The zero-order chi connectivity index (χ0) is 19.6. The van der Waals surface area contributed by atoms with Gasteiger partial charge in [-0.15, -0.1) is 0 Å². The molecule has 0 aromatic heterocycles. The Kier molecular flexibility index (Phi) is 5.88. The summed E-state index contributed by atoms with van der Waals surface area (Å²) in [6.45, 7) is 5.42. The lowest BCUT2D eigenvalue weighted by atomic mass is 9.86. The fourth-order valence-corrected chi connectivity index (χ4v) is 4.92. The number of rotatable bonds is 3. The molecule has 2 aliphatic heterocycles. The smallest absolute Gasteiger partial charge is 0.219 e. The van der Waals surface area contributed by atoms with Gasteiger partial charge in [0.1, 0.15) is 0 Å². The highest BCUT2D eigenvalue weighted by Crippen LogP contribution is 2.34. The third-order valence-corrected chi connectivity index (χ3v) is 7.11. The first-order valence-corrected chi connectivity index (χ1v) is 11.1. The maximum Gasteiger partial charge on any atom is 0.219 e. The lowest BCUT2D eigenvalue weighted by Crippen LogP contribution is -2.43. The second-order valence-corrected chi connectivity index (χ2v) is 8.94. The Morgan fingerprint density at radius 2 is 1.75 bits per heavy atom. The van der Waals surface area contributed by atoms with Gasteiger partial charge in [-0.2, -0.15) is 0 Å². The van der Waals surface area contributed by atoms with Gasteiger partial charge in [0.05, 0.1) is 5.60 Å². The van der Waals surface area contributed by atoms with E-state index >= 15 is 0 Å². The third kappa shape index (κ3) is 4.33. The molecule has 3 aliphatic rings. The van der Waals surface area contributed by atoms with E-state index in [2.05, 4.69) is 35.2 Å². The minimum Gasteiger partial charge on any atom is -0.385 e. The first-order valence-electron chi connectivity index (χ1n) is 11.1. The molecule has 1 aliphatic carbocycles. The van der Waals surface area contributed by atoms with Crippen molar-refractivity contribution in [2.24, 2.45) is 0 Å². The predicted octanol–water partition coefficient (Wildman–Crippen LogP) is 3.94. The molecule has 152 valence electrons. The molecule has 1 aromatic rings. The van der Waals surface area contributed by atoms with Gasteiger partial charge in [0.15, 0.2) is 0 Å². The molecule has 2 saturated heterocycles. The van der Waals surface area contributed by atoms with Crippen molar-refractivity contribution in [3.8, 4) is 0 Å². The molecule has 0 radical (unpaired) electrons. The van der Waals surface area contributed by atoms with Gasteiger partial charge >= 0.3 is 0 Å². The Morgan fingerprint density at radius 1 is 1.04 bits per heavy atom. The van der Waals surface area contributed by atoms with Gasteiger partial charge in [0.2, 0.25) is 5.91 Å². The normalized spacial score (nSPS) is 27.2. The molecule has 1 unspecified atom stereocenters. The summed E-state index contributed by atoms with van der Waals surface area (Å²) in [5.41, 5.74) is 2.95. The van der Waals surface area contributed by atoms with Crippen LogP contribution in [0.4, 0.5) is 0 Å². The minimum absolute atomic E-state index is 0.106. The quantitative estimate of drug-likeness (QED) is 0.861. The average Bonchev–Trinajstić information content (AvgIpc) is 2.85. The van der Waals surface area contributed by atoms with E-state index in [1.54, 1.807) is 12.5 Å². The van der Waals surface area contributed by atoms with Crippen molar-refractivity contribution in [2.75, 3.05) is 26.2 Å². The maximum absolute atomic E-state index is 11.6. The molecule has 1 amide bonds. The second-order valence-electron chi connectivity index (χ2n) is 8.94. The van der Waals surface area contributed by atoms with E-state index in [-0.39, 0.29) is 5.91 Å². The summed E-state index contributed by atoms with van der Waals surface area (Å²) in [4.78, 5) is 16.2. The van der Waals surface area contributed by atoms with Crippen LogP contribution in [0, 0.1) is 0 Å². The number of hydrogen-bond donors (Lipinski definition) is 1. The van der Waals surface area contributed by atoms with E-state index in [9.17, 15) is 9.90 Å². The molecule has 4 rings (SSSR count). The van der Waals surface area contributed by atoms with Crippen molar-refractivity contribution in [3.05, 3.63) is 41.0 Å². The maximum atomic E-state index is 11.6. The SMILES string of the molecule is CC(=O)N1CCCC(O)(c2ccc(C=C3CCN(C4CCC4)CC3)cc2)CC1. The van der Waals surface area contributed by atoms with E-state index in [0.29, 0.717) is 19.4 Å². The van der Waals surface area contributed by atoms with Gasteiger partial charge in [-0.05, 0) is 56.1 Å². The van der Waals surface area contributed by atoms with Crippen LogP contribution in [-0.2, 0) is 10.4 Å². The largest absolute Gasteiger partial charge is 0.385 e. The number of piperidine rings is 1. The molecule has 1 aromatic carbocycles. The van der Waals surface area contributed by atoms with E-state index in [0.717, 1.165) is 24.6 Å². The molecular formula is C24H34N2O2. The van der Waals surface area contributed by atoms with Crippen LogP contribution in [0.15, 0.2) is 29.8 Å². The van der Waals surface area contributed by atoms with Crippen LogP contribution >= 0.6 is 0 Å². The van der Waals surface area contributed by atoms with Gasteiger partial charge in [-0.1, -0.05) is 42.3 Å². The summed E-state index contributed by atoms with van der Waals surface area (Å²) in [6.07, 6.45) is 11.1. The number of benzene rings is 1. The predicted molar refractivity (Wildman–Crippen MR) is 113 cm³/mol. The van der Waals surface area contributed by atoms with Crippen LogP contribution in [0.3, 0.4) is 0 Å². The highest BCUT2D eigenvalue weighted by atomic mass is 16.3. The van der Waals surface area contributed by atoms with Gasteiger partial charge < -0.3 is 10.0 Å². The summed E-state index contributed by atoms with van der Waals surface area (Å²) in [5.74, 6) is 0.106. The number of carbonyl (C=O) groups excluding carboxylic acids is 1. The average molecular weight is 383 g/mol. The zero-order valence-corrected chi connectivity index (χ0v) is 17.2. The van der Waals surface area contributed by atoms with E-state index in [4.69, 9.17) is 0 Å². The molecule has 1 N–H and O–H groups in total. The van der Waals surface area contributed by atoms with E-state index in [1.165, 1.54) is 50.8 Å². The van der Waals surface area contributed by atoms with Gasteiger partial charge in [0.25, 0.3) is 0 Å². The molecule has 0 bridgehead atoms. The Labute approximate surface area is 169 Å².